The smallest absolute Gasteiger partial charge is 0.258 e. The van der Waals surface area contributed by atoms with Crippen molar-refractivity contribution in [3.63, 3.8) is 0 Å². The van der Waals surface area contributed by atoms with Gasteiger partial charge in [0, 0.05) is 11.4 Å². The summed E-state index contributed by atoms with van der Waals surface area (Å²) < 4.78 is 13.8. The van der Waals surface area contributed by atoms with E-state index in [9.17, 15) is 9.18 Å². The molecule has 3 aromatic carbocycles. The number of benzene rings is 3. The lowest BCUT2D eigenvalue weighted by Crippen LogP contribution is -2.14. The zero-order valence-electron chi connectivity index (χ0n) is 12.3. The van der Waals surface area contributed by atoms with Crippen molar-refractivity contribution < 1.29 is 9.18 Å². The van der Waals surface area contributed by atoms with E-state index >= 15 is 0 Å². The lowest BCUT2D eigenvalue weighted by Gasteiger charge is -2.09. The van der Waals surface area contributed by atoms with Gasteiger partial charge in [-0.2, -0.15) is 0 Å². The van der Waals surface area contributed by atoms with Crippen LogP contribution in [0.2, 0.25) is 0 Å². The van der Waals surface area contributed by atoms with Gasteiger partial charge in [0.05, 0.1) is 5.56 Å². The molecule has 3 nitrogen and oxygen atoms in total. The molecule has 3 aromatic rings. The number of anilines is 2. The monoisotopic (exact) mass is 306 g/mol. The molecule has 0 unspecified atom stereocenters. The Balaban J connectivity index is 1.86. The zero-order chi connectivity index (χ0) is 16.2. The third-order valence-corrected chi connectivity index (χ3v) is 3.46. The summed E-state index contributed by atoms with van der Waals surface area (Å²) >= 11 is 0. The van der Waals surface area contributed by atoms with E-state index in [1.54, 1.807) is 6.07 Å². The molecule has 1 amide bonds. The van der Waals surface area contributed by atoms with Crippen LogP contribution in [0.1, 0.15) is 10.4 Å². The van der Waals surface area contributed by atoms with E-state index in [1.807, 2.05) is 48.5 Å². The van der Waals surface area contributed by atoms with E-state index in [0.717, 1.165) is 11.1 Å². The average molecular weight is 306 g/mol. The molecule has 4 heteroatoms. The van der Waals surface area contributed by atoms with Gasteiger partial charge in [-0.05, 0) is 41.5 Å². The molecular formula is C19H15FN2O. The van der Waals surface area contributed by atoms with Crippen molar-refractivity contribution in [2.24, 2.45) is 0 Å². The molecule has 0 saturated heterocycles. The van der Waals surface area contributed by atoms with E-state index < -0.39 is 11.7 Å². The van der Waals surface area contributed by atoms with E-state index in [-0.39, 0.29) is 5.56 Å². The van der Waals surface area contributed by atoms with Gasteiger partial charge >= 0.3 is 0 Å². The third kappa shape index (κ3) is 3.37. The standard InChI is InChI=1S/C19H15FN2O/c20-18-10-9-15(21)12-17(18)19(23)22-16-8-4-7-14(11-16)13-5-2-1-3-6-13/h1-12H,21H2,(H,22,23). The van der Waals surface area contributed by atoms with Gasteiger partial charge < -0.3 is 11.1 Å². The Hall–Kier alpha value is -3.14. The number of hydrogen-bond acceptors (Lipinski definition) is 2. The Morgan fingerprint density at radius 3 is 2.39 bits per heavy atom. The van der Waals surface area contributed by atoms with Crippen LogP contribution in [0.3, 0.4) is 0 Å². The van der Waals surface area contributed by atoms with Crippen molar-refractivity contribution in [2.75, 3.05) is 11.1 Å². The molecule has 0 aliphatic rings. The summed E-state index contributed by atoms with van der Waals surface area (Å²) in [6.07, 6.45) is 0. The maximum atomic E-state index is 13.8. The van der Waals surface area contributed by atoms with Crippen LogP contribution in [0.4, 0.5) is 15.8 Å². The first kappa shape index (κ1) is 14.8. The molecule has 0 spiro atoms. The molecule has 0 bridgehead atoms. The molecule has 0 atom stereocenters. The molecule has 0 aliphatic heterocycles. The maximum absolute atomic E-state index is 13.8. The summed E-state index contributed by atoms with van der Waals surface area (Å²) in [6.45, 7) is 0. The van der Waals surface area contributed by atoms with E-state index in [2.05, 4.69) is 5.32 Å². The highest BCUT2D eigenvalue weighted by molar-refractivity contribution is 6.05. The Kier molecular flexibility index (Phi) is 4.06. The second-order valence-corrected chi connectivity index (χ2v) is 5.14. The summed E-state index contributed by atoms with van der Waals surface area (Å²) in [5.74, 6) is -1.13. The Morgan fingerprint density at radius 2 is 1.61 bits per heavy atom. The van der Waals surface area contributed by atoms with Crippen LogP contribution in [-0.4, -0.2) is 5.91 Å². The summed E-state index contributed by atoms with van der Waals surface area (Å²) in [7, 11) is 0. The van der Waals surface area contributed by atoms with Crippen molar-refractivity contribution in [3.8, 4) is 11.1 Å². The van der Waals surface area contributed by atoms with Gasteiger partial charge in [0.2, 0.25) is 0 Å². The van der Waals surface area contributed by atoms with Crippen molar-refractivity contribution in [3.05, 3.63) is 84.2 Å². The van der Waals surface area contributed by atoms with Crippen LogP contribution in [0.25, 0.3) is 11.1 Å². The number of nitrogen functional groups attached to an aromatic ring is 1. The van der Waals surface area contributed by atoms with Crippen molar-refractivity contribution >= 4 is 17.3 Å². The number of amides is 1. The number of rotatable bonds is 3. The van der Waals surface area contributed by atoms with Crippen molar-refractivity contribution in [1.29, 1.82) is 0 Å². The van der Waals surface area contributed by atoms with E-state index in [1.165, 1.54) is 18.2 Å². The molecule has 3 N–H and O–H groups in total. The number of carbonyl (C=O) groups excluding carboxylic acids is 1. The first-order chi connectivity index (χ1) is 11.1. The van der Waals surface area contributed by atoms with Crippen LogP contribution < -0.4 is 11.1 Å². The van der Waals surface area contributed by atoms with Crippen molar-refractivity contribution in [1.82, 2.24) is 0 Å². The second-order valence-electron chi connectivity index (χ2n) is 5.14. The van der Waals surface area contributed by atoms with Gasteiger partial charge in [-0.1, -0.05) is 42.5 Å². The Morgan fingerprint density at radius 1 is 0.870 bits per heavy atom. The van der Waals surface area contributed by atoms with Crippen LogP contribution in [0.5, 0.6) is 0 Å². The highest BCUT2D eigenvalue weighted by Gasteiger charge is 2.12. The van der Waals surface area contributed by atoms with Gasteiger partial charge in [0.15, 0.2) is 0 Å². The third-order valence-electron chi connectivity index (χ3n) is 3.46. The van der Waals surface area contributed by atoms with E-state index in [0.29, 0.717) is 11.4 Å². The first-order valence-corrected chi connectivity index (χ1v) is 7.15. The van der Waals surface area contributed by atoms with Gasteiger partial charge in [-0.15, -0.1) is 0 Å². The lowest BCUT2D eigenvalue weighted by molar-refractivity contribution is 0.102. The summed E-state index contributed by atoms with van der Waals surface area (Å²) in [4.78, 5) is 12.2. The molecule has 0 fully saturated rings. The van der Waals surface area contributed by atoms with Crippen LogP contribution in [0.15, 0.2) is 72.8 Å². The minimum atomic E-state index is -0.601. The van der Waals surface area contributed by atoms with Gasteiger partial charge in [-0.25, -0.2) is 4.39 Å². The summed E-state index contributed by atoms with van der Waals surface area (Å²) in [5.41, 5.74) is 8.49. The number of halogens is 1. The van der Waals surface area contributed by atoms with Gasteiger partial charge in [0.25, 0.3) is 5.91 Å². The minimum absolute atomic E-state index is 0.0740. The Bertz CT molecular complexity index is 847. The molecule has 0 aliphatic carbocycles. The molecule has 0 radical (unpaired) electrons. The second kappa shape index (κ2) is 6.32. The SMILES string of the molecule is Nc1ccc(F)c(C(=O)Nc2cccc(-c3ccccc3)c2)c1. The highest BCUT2D eigenvalue weighted by atomic mass is 19.1. The fourth-order valence-corrected chi connectivity index (χ4v) is 2.32. The number of nitrogens with one attached hydrogen (secondary N) is 1. The maximum Gasteiger partial charge on any atom is 0.258 e. The first-order valence-electron chi connectivity index (χ1n) is 7.15. The predicted octanol–water partition coefficient (Wildman–Crippen LogP) is 4.33. The van der Waals surface area contributed by atoms with Gasteiger partial charge in [-0.3, -0.25) is 4.79 Å². The number of carbonyl (C=O) groups is 1. The molecule has 114 valence electrons. The quantitative estimate of drug-likeness (QED) is 0.708. The van der Waals surface area contributed by atoms with E-state index in [4.69, 9.17) is 5.73 Å². The minimum Gasteiger partial charge on any atom is -0.399 e. The summed E-state index contributed by atoms with van der Waals surface area (Å²) in [6, 6.07) is 21.1. The summed E-state index contributed by atoms with van der Waals surface area (Å²) in [5, 5.41) is 2.70. The fourth-order valence-electron chi connectivity index (χ4n) is 2.32. The lowest BCUT2D eigenvalue weighted by atomic mass is 10.1. The molecular weight excluding hydrogens is 291 g/mol. The molecule has 3 rings (SSSR count). The van der Waals surface area contributed by atoms with Gasteiger partial charge in [0.1, 0.15) is 5.82 Å². The largest absolute Gasteiger partial charge is 0.399 e. The Labute approximate surface area is 133 Å². The molecule has 0 saturated carbocycles. The molecule has 0 heterocycles. The van der Waals surface area contributed by atoms with Crippen LogP contribution >= 0.6 is 0 Å². The normalized spacial score (nSPS) is 10.3. The highest BCUT2D eigenvalue weighted by Crippen LogP contribution is 2.23. The topological polar surface area (TPSA) is 55.1 Å². The molecule has 0 aromatic heterocycles. The average Bonchev–Trinajstić information content (AvgIpc) is 2.58. The zero-order valence-corrected chi connectivity index (χ0v) is 12.3. The van der Waals surface area contributed by atoms with Crippen molar-refractivity contribution in [2.45, 2.75) is 0 Å². The van der Waals surface area contributed by atoms with Crippen LogP contribution in [0, 0.1) is 5.82 Å². The molecule has 23 heavy (non-hydrogen) atoms. The predicted molar refractivity (Wildman–Crippen MR) is 90.6 cm³/mol. The van der Waals surface area contributed by atoms with Crippen LogP contribution in [-0.2, 0) is 0 Å². The number of hydrogen-bond donors (Lipinski definition) is 2. The fraction of sp³-hybridized carbons (Fsp3) is 0. The number of nitrogens with two attached hydrogens (primary N) is 1.